The van der Waals surface area contributed by atoms with Gasteiger partial charge in [0.1, 0.15) is 17.2 Å². The maximum absolute atomic E-state index is 11.8. The molecule has 0 unspecified atom stereocenters. The highest BCUT2D eigenvalue weighted by Gasteiger charge is 2.10. The molecule has 4 N–H and O–H groups in total. The number of rotatable bonds is 5. The molecular weight excluding hydrogens is 270 g/mol. The molecule has 0 bridgehead atoms. The Morgan fingerprint density at radius 3 is 2.10 bits per heavy atom. The highest BCUT2D eigenvalue weighted by Crippen LogP contribution is 2.32. The molecule has 1 amide bonds. The molecule has 2 rings (SSSR count). The van der Waals surface area contributed by atoms with Crippen molar-refractivity contribution in [3.05, 3.63) is 53.6 Å². The molecule has 0 fully saturated rings. The fraction of sp³-hybridized carbons (Fsp3) is 0.188. The Balaban J connectivity index is 1.92. The summed E-state index contributed by atoms with van der Waals surface area (Å²) in [5.41, 5.74) is 1.82. The van der Waals surface area contributed by atoms with Gasteiger partial charge in [0.25, 0.3) is 0 Å². The Morgan fingerprint density at radius 2 is 1.52 bits per heavy atom. The van der Waals surface area contributed by atoms with E-state index in [9.17, 15) is 15.0 Å². The minimum atomic E-state index is -0.293. The number of hydrogen-bond acceptors (Lipinski definition) is 4. The quantitative estimate of drug-likeness (QED) is 0.634. The second-order valence-corrected chi connectivity index (χ2v) is 4.69. The highest BCUT2D eigenvalue weighted by atomic mass is 16.3. The molecule has 21 heavy (non-hydrogen) atoms. The largest absolute Gasteiger partial charge is 0.506 e. The number of aliphatic hydroxyl groups excluding tert-OH is 1. The third-order valence-electron chi connectivity index (χ3n) is 3.13. The summed E-state index contributed by atoms with van der Waals surface area (Å²) in [6, 6.07) is 11.6. The number of para-hydroxylation sites is 1. The first-order valence-electron chi connectivity index (χ1n) is 6.59. The van der Waals surface area contributed by atoms with E-state index in [1.807, 2.05) is 24.3 Å². The van der Waals surface area contributed by atoms with Crippen LogP contribution in [0, 0.1) is 0 Å². The normalized spacial score (nSPS) is 10.3. The monoisotopic (exact) mass is 287 g/mol. The van der Waals surface area contributed by atoms with Crippen LogP contribution in [0.1, 0.15) is 17.5 Å². The van der Waals surface area contributed by atoms with Crippen LogP contribution in [0.2, 0.25) is 0 Å². The van der Waals surface area contributed by atoms with Gasteiger partial charge in [0.15, 0.2) is 0 Å². The number of phenolic OH excluding ortho intramolecular Hbond substituents is 2. The van der Waals surface area contributed by atoms with Gasteiger partial charge in [-0.1, -0.05) is 30.3 Å². The van der Waals surface area contributed by atoms with E-state index < -0.39 is 0 Å². The first-order valence-corrected chi connectivity index (χ1v) is 6.59. The lowest BCUT2D eigenvalue weighted by molar-refractivity contribution is -0.116. The van der Waals surface area contributed by atoms with Crippen LogP contribution in [0.4, 0.5) is 5.69 Å². The molecule has 2 aromatic carbocycles. The molecule has 0 aliphatic carbocycles. The van der Waals surface area contributed by atoms with E-state index >= 15 is 0 Å². The molecule has 0 heterocycles. The Labute approximate surface area is 122 Å². The summed E-state index contributed by atoms with van der Waals surface area (Å²) >= 11 is 0. The molecule has 2 aromatic rings. The van der Waals surface area contributed by atoms with Crippen LogP contribution in [0.3, 0.4) is 0 Å². The summed E-state index contributed by atoms with van der Waals surface area (Å²) in [6.07, 6.45) is 0.762. The van der Waals surface area contributed by atoms with Gasteiger partial charge in [-0.2, -0.15) is 0 Å². The SMILES string of the molecule is O=C(CCc1ccc(CO)cc1)Nc1c(O)cccc1O. The Kier molecular flexibility index (Phi) is 4.79. The van der Waals surface area contributed by atoms with Crippen molar-refractivity contribution >= 4 is 11.6 Å². The van der Waals surface area contributed by atoms with Crippen LogP contribution < -0.4 is 5.32 Å². The summed E-state index contributed by atoms with van der Waals surface area (Å²) in [6.45, 7) is -0.00662. The number of anilines is 1. The van der Waals surface area contributed by atoms with E-state index in [2.05, 4.69) is 5.32 Å². The molecule has 0 spiro atoms. The van der Waals surface area contributed by atoms with E-state index in [4.69, 9.17) is 5.11 Å². The maximum atomic E-state index is 11.8. The standard InChI is InChI=1S/C16H17NO4/c18-10-12-6-4-11(5-7-12)8-9-15(21)17-16-13(19)2-1-3-14(16)20/h1-7,18-20H,8-10H2,(H,17,21). The number of nitrogens with one attached hydrogen (secondary N) is 1. The Hall–Kier alpha value is -2.53. The van der Waals surface area contributed by atoms with Crippen molar-refractivity contribution in [2.24, 2.45) is 0 Å². The second-order valence-electron chi connectivity index (χ2n) is 4.69. The van der Waals surface area contributed by atoms with Crippen molar-refractivity contribution in [1.82, 2.24) is 0 Å². The maximum Gasteiger partial charge on any atom is 0.224 e. The van der Waals surface area contributed by atoms with Gasteiger partial charge in [-0.15, -0.1) is 0 Å². The molecule has 0 saturated carbocycles. The number of carbonyl (C=O) groups is 1. The van der Waals surface area contributed by atoms with E-state index in [1.54, 1.807) is 0 Å². The van der Waals surface area contributed by atoms with Crippen molar-refractivity contribution in [3.8, 4) is 11.5 Å². The third kappa shape index (κ3) is 3.97. The van der Waals surface area contributed by atoms with Crippen molar-refractivity contribution in [2.75, 3.05) is 5.32 Å². The Bertz CT molecular complexity index is 602. The molecule has 5 heteroatoms. The zero-order chi connectivity index (χ0) is 15.2. The number of hydrogen-bond donors (Lipinski definition) is 4. The summed E-state index contributed by atoms with van der Waals surface area (Å²) in [4.78, 5) is 11.8. The molecule has 0 aliphatic heterocycles. The number of aliphatic hydroxyl groups is 1. The number of phenols is 2. The minimum absolute atomic E-state index is 0.00662. The van der Waals surface area contributed by atoms with Crippen molar-refractivity contribution in [2.45, 2.75) is 19.4 Å². The average Bonchev–Trinajstić information content (AvgIpc) is 2.49. The number of aromatic hydroxyl groups is 2. The van der Waals surface area contributed by atoms with E-state index in [0.29, 0.717) is 6.42 Å². The molecule has 5 nitrogen and oxygen atoms in total. The fourth-order valence-corrected chi connectivity index (χ4v) is 1.93. The first kappa shape index (κ1) is 14.9. The molecule has 0 aromatic heterocycles. The van der Waals surface area contributed by atoms with Gasteiger partial charge < -0.3 is 20.6 Å². The number of amides is 1. The van der Waals surface area contributed by atoms with Crippen LogP contribution in [-0.4, -0.2) is 21.2 Å². The predicted octanol–water partition coefficient (Wildman–Crippen LogP) is 2.16. The minimum Gasteiger partial charge on any atom is -0.506 e. The molecular formula is C16H17NO4. The molecule has 0 saturated heterocycles. The van der Waals surface area contributed by atoms with Gasteiger partial charge in [0.2, 0.25) is 5.91 Å². The number of aryl methyl sites for hydroxylation is 1. The van der Waals surface area contributed by atoms with Crippen LogP contribution in [0.15, 0.2) is 42.5 Å². The highest BCUT2D eigenvalue weighted by molar-refractivity contribution is 5.94. The zero-order valence-electron chi connectivity index (χ0n) is 11.4. The van der Waals surface area contributed by atoms with E-state index in [1.165, 1.54) is 18.2 Å². The zero-order valence-corrected chi connectivity index (χ0v) is 11.4. The molecule has 0 aliphatic rings. The molecule has 0 radical (unpaired) electrons. The van der Waals surface area contributed by atoms with Gasteiger partial charge in [-0.3, -0.25) is 4.79 Å². The van der Waals surface area contributed by atoms with E-state index in [-0.39, 0.29) is 36.1 Å². The predicted molar refractivity (Wildman–Crippen MR) is 79.1 cm³/mol. The van der Waals surface area contributed by atoms with Gasteiger partial charge in [0, 0.05) is 6.42 Å². The van der Waals surface area contributed by atoms with Crippen molar-refractivity contribution < 1.29 is 20.1 Å². The lowest BCUT2D eigenvalue weighted by Gasteiger charge is -2.09. The summed E-state index contributed by atoms with van der Waals surface area (Å²) in [7, 11) is 0. The number of carbonyl (C=O) groups excluding carboxylic acids is 1. The lowest BCUT2D eigenvalue weighted by Crippen LogP contribution is -2.12. The van der Waals surface area contributed by atoms with Gasteiger partial charge in [-0.05, 0) is 29.7 Å². The van der Waals surface area contributed by atoms with Gasteiger partial charge >= 0.3 is 0 Å². The summed E-state index contributed by atoms with van der Waals surface area (Å²) < 4.78 is 0. The average molecular weight is 287 g/mol. The fourth-order valence-electron chi connectivity index (χ4n) is 1.93. The van der Waals surface area contributed by atoms with Crippen LogP contribution in [0.25, 0.3) is 0 Å². The Morgan fingerprint density at radius 1 is 0.952 bits per heavy atom. The summed E-state index contributed by atoms with van der Waals surface area (Å²) in [5.74, 6) is -0.635. The van der Waals surface area contributed by atoms with Crippen molar-refractivity contribution in [1.29, 1.82) is 0 Å². The van der Waals surface area contributed by atoms with E-state index in [0.717, 1.165) is 11.1 Å². The van der Waals surface area contributed by atoms with Gasteiger partial charge in [0.05, 0.1) is 6.61 Å². The van der Waals surface area contributed by atoms with Crippen molar-refractivity contribution in [3.63, 3.8) is 0 Å². The van der Waals surface area contributed by atoms with Crippen LogP contribution in [-0.2, 0) is 17.8 Å². The second kappa shape index (κ2) is 6.76. The lowest BCUT2D eigenvalue weighted by atomic mass is 10.1. The molecule has 0 atom stereocenters. The first-order chi connectivity index (χ1) is 10.1. The van der Waals surface area contributed by atoms with Gasteiger partial charge in [-0.25, -0.2) is 0 Å². The van der Waals surface area contributed by atoms with Crippen LogP contribution in [0.5, 0.6) is 11.5 Å². The third-order valence-corrected chi connectivity index (χ3v) is 3.13. The number of benzene rings is 2. The van der Waals surface area contributed by atoms with Crippen LogP contribution >= 0.6 is 0 Å². The molecule has 110 valence electrons. The topological polar surface area (TPSA) is 89.8 Å². The summed E-state index contributed by atoms with van der Waals surface area (Å²) in [5, 5.41) is 30.6. The smallest absolute Gasteiger partial charge is 0.224 e.